The SMILES string of the molecule is Cc1cc(CCCN2CCCCC2)nn1-c1ccc(Cl)c(Cl)c1. The van der Waals surface area contributed by atoms with Gasteiger partial charge in [0.05, 0.1) is 21.4 Å². The summed E-state index contributed by atoms with van der Waals surface area (Å²) in [6.45, 7) is 5.77. The molecule has 0 aliphatic carbocycles. The molecule has 3 rings (SSSR count). The minimum atomic E-state index is 0.561. The number of rotatable bonds is 5. The largest absolute Gasteiger partial charge is 0.303 e. The molecule has 0 saturated carbocycles. The number of aryl methyl sites for hydroxylation is 2. The van der Waals surface area contributed by atoms with Crippen molar-refractivity contribution in [3.8, 4) is 5.69 Å². The summed E-state index contributed by atoms with van der Waals surface area (Å²) >= 11 is 12.1. The maximum atomic E-state index is 6.11. The fourth-order valence-electron chi connectivity index (χ4n) is 3.21. The number of halogens is 2. The Morgan fingerprint density at radius 2 is 1.83 bits per heavy atom. The van der Waals surface area contributed by atoms with E-state index >= 15 is 0 Å². The lowest BCUT2D eigenvalue weighted by molar-refractivity contribution is 0.226. The summed E-state index contributed by atoms with van der Waals surface area (Å²) in [6, 6.07) is 7.79. The highest BCUT2D eigenvalue weighted by Crippen LogP contribution is 2.25. The second-order valence-electron chi connectivity index (χ2n) is 6.29. The second-order valence-corrected chi connectivity index (χ2v) is 7.11. The van der Waals surface area contributed by atoms with Gasteiger partial charge in [-0.1, -0.05) is 29.6 Å². The lowest BCUT2D eigenvalue weighted by Crippen LogP contribution is -2.30. The van der Waals surface area contributed by atoms with Gasteiger partial charge < -0.3 is 4.90 Å². The first-order chi connectivity index (χ1) is 11.1. The number of likely N-dealkylation sites (tertiary alicyclic amines) is 1. The minimum Gasteiger partial charge on any atom is -0.303 e. The van der Waals surface area contributed by atoms with Crippen molar-refractivity contribution in [2.24, 2.45) is 0 Å². The molecule has 0 bridgehead atoms. The van der Waals surface area contributed by atoms with Gasteiger partial charge in [-0.25, -0.2) is 4.68 Å². The van der Waals surface area contributed by atoms with Crippen LogP contribution in [0.2, 0.25) is 10.0 Å². The Kier molecular flexibility index (Phi) is 5.62. The van der Waals surface area contributed by atoms with Gasteiger partial charge in [-0.15, -0.1) is 0 Å². The highest BCUT2D eigenvalue weighted by Gasteiger charge is 2.11. The number of aromatic nitrogens is 2. The fraction of sp³-hybridized carbons (Fsp3) is 0.500. The van der Waals surface area contributed by atoms with E-state index < -0.39 is 0 Å². The summed E-state index contributed by atoms with van der Waals surface area (Å²) in [4.78, 5) is 2.58. The molecule has 2 heterocycles. The molecule has 0 radical (unpaired) electrons. The van der Waals surface area contributed by atoms with Crippen molar-refractivity contribution in [3.63, 3.8) is 0 Å². The molecule has 1 aliphatic rings. The van der Waals surface area contributed by atoms with E-state index in [0.29, 0.717) is 10.0 Å². The van der Waals surface area contributed by atoms with Gasteiger partial charge in [-0.3, -0.25) is 0 Å². The average Bonchev–Trinajstić information content (AvgIpc) is 2.92. The van der Waals surface area contributed by atoms with Crippen LogP contribution < -0.4 is 0 Å². The van der Waals surface area contributed by atoms with Crippen LogP contribution >= 0.6 is 23.2 Å². The van der Waals surface area contributed by atoms with E-state index in [0.717, 1.165) is 29.9 Å². The van der Waals surface area contributed by atoms with Gasteiger partial charge in [0.15, 0.2) is 0 Å². The molecule has 1 saturated heterocycles. The molecule has 1 aliphatic heterocycles. The number of hydrogen-bond acceptors (Lipinski definition) is 2. The van der Waals surface area contributed by atoms with Crippen LogP contribution in [-0.4, -0.2) is 34.3 Å². The van der Waals surface area contributed by atoms with Crippen LogP contribution in [0.25, 0.3) is 5.69 Å². The van der Waals surface area contributed by atoms with Crippen LogP contribution in [0.5, 0.6) is 0 Å². The first-order valence-corrected chi connectivity index (χ1v) is 9.12. The highest BCUT2D eigenvalue weighted by molar-refractivity contribution is 6.42. The van der Waals surface area contributed by atoms with Crippen LogP contribution in [0.3, 0.4) is 0 Å². The molecule has 5 heteroatoms. The molecule has 3 nitrogen and oxygen atoms in total. The van der Waals surface area contributed by atoms with Gasteiger partial charge in [0.2, 0.25) is 0 Å². The Morgan fingerprint density at radius 1 is 1.04 bits per heavy atom. The Labute approximate surface area is 148 Å². The van der Waals surface area contributed by atoms with Crippen molar-refractivity contribution >= 4 is 23.2 Å². The van der Waals surface area contributed by atoms with E-state index in [9.17, 15) is 0 Å². The van der Waals surface area contributed by atoms with E-state index in [2.05, 4.69) is 17.9 Å². The molecule has 124 valence electrons. The quantitative estimate of drug-likeness (QED) is 0.763. The van der Waals surface area contributed by atoms with Crippen LogP contribution in [0, 0.1) is 6.92 Å². The van der Waals surface area contributed by atoms with E-state index in [1.54, 1.807) is 0 Å². The van der Waals surface area contributed by atoms with Crippen molar-refractivity contribution in [2.75, 3.05) is 19.6 Å². The molecular formula is C18H23Cl2N3. The summed E-state index contributed by atoms with van der Waals surface area (Å²) in [5, 5.41) is 5.86. The maximum absolute atomic E-state index is 6.11. The Morgan fingerprint density at radius 3 is 2.57 bits per heavy atom. The maximum Gasteiger partial charge on any atom is 0.0664 e. The molecule has 0 unspecified atom stereocenters. The molecule has 0 N–H and O–H groups in total. The third-order valence-electron chi connectivity index (χ3n) is 4.44. The Balaban J connectivity index is 1.62. The van der Waals surface area contributed by atoms with Gasteiger partial charge in [0.1, 0.15) is 0 Å². The fourth-order valence-corrected chi connectivity index (χ4v) is 3.50. The van der Waals surface area contributed by atoms with Crippen molar-refractivity contribution in [3.05, 3.63) is 45.7 Å². The summed E-state index contributed by atoms with van der Waals surface area (Å²) < 4.78 is 1.94. The highest BCUT2D eigenvalue weighted by atomic mass is 35.5. The third kappa shape index (κ3) is 4.28. The Bertz CT molecular complexity index is 660. The van der Waals surface area contributed by atoms with E-state index in [1.165, 1.54) is 38.9 Å². The van der Waals surface area contributed by atoms with Crippen LogP contribution in [0.15, 0.2) is 24.3 Å². The van der Waals surface area contributed by atoms with E-state index in [-0.39, 0.29) is 0 Å². The number of piperidine rings is 1. The zero-order valence-electron chi connectivity index (χ0n) is 13.6. The summed E-state index contributed by atoms with van der Waals surface area (Å²) in [5.41, 5.74) is 3.22. The summed E-state index contributed by atoms with van der Waals surface area (Å²) in [5.74, 6) is 0. The van der Waals surface area contributed by atoms with Gasteiger partial charge >= 0.3 is 0 Å². The third-order valence-corrected chi connectivity index (χ3v) is 5.18. The molecule has 1 fully saturated rings. The first-order valence-electron chi connectivity index (χ1n) is 8.37. The summed E-state index contributed by atoms with van der Waals surface area (Å²) in [6.07, 6.45) is 6.28. The second kappa shape index (κ2) is 7.69. The predicted octanol–water partition coefficient (Wildman–Crippen LogP) is 4.91. The van der Waals surface area contributed by atoms with Crippen LogP contribution in [0.1, 0.15) is 37.1 Å². The predicted molar refractivity (Wildman–Crippen MR) is 96.9 cm³/mol. The Hall–Kier alpha value is -1.03. The van der Waals surface area contributed by atoms with Crippen molar-refractivity contribution in [1.82, 2.24) is 14.7 Å². The van der Waals surface area contributed by atoms with Gasteiger partial charge in [-0.05, 0) is 76.5 Å². The van der Waals surface area contributed by atoms with E-state index in [1.807, 2.05) is 22.9 Å². The average molecular weight is 352 g/mol. The molecule has 1 aromatic heterocycles. The standard InChI is InChI=1S/C18H23Cl2N3/c1-14-12-15(6-5-11-22-9-3-2-4-10-22)21-23(14)16-7-8-17(19)18(20)13-16/h7-8,12-13H,2-6,9-11H2,1H3. The lowest BCUT2D eigenvalue weighted by atomic mass is 10.1. The molecule has 1 aromatic carbocycles. The molecule has 23 heavy (non-hydrogen) atoms. The lowest BCUT2D eigenvalue weighted by Gasteiger charge is -2.26. The summed E-state index contributed by atoms with van der Waals surface area (Å²) in [7, 11) is 0. The molecule has 2 aromatic rings. The first kappa shape index (κ1) is 16.8. The smallest absolute Gasteiger partial charge is 0.0664 e. The van der Waals surface area contributed by atoms with Crippen molar-refractivity contribution in [2.45, 2.75) is 39.0 Å². The van der Waals surface area contributed by atoms with Gasteiger partial charge in [-0.2, -0.15) is 5.10 Å². The van der Waals surface area contributed by atoms with Crippen LogP contribution in [0.4, 0.5) is 0 Å². The number of hydrogen-bond donors (Lipinski definition) is 0. The molecule has 0 atom stereocenters. The zero-order valence-corrected chi connectivity index (χ0v) is 15.1. The number of nitrogens with zero attached hydrogens (tertiary/aromatic N) is 3. The van der Waals surface area contributed by atoms with E-state index in [4.69, 9.17) is 28.3 Å². The normalized spacial score (nSPS) is 16.0. The minimum absolute atomic E-state index is 0.561. The van der Waals surface area contributed by atoms with Crippen molar-refractivity contribution in [1.29, 1.82) is 0 Å². The number of benzene rings is 1. The molecule has 0 spiro atoms. The van der Waals surface area contributed by atoms with Gasteiger partial charge in [0, 0.05) is 5.69 Å². The molecular weight excluding hydrogens is 329 g/mol. The van der Waals surface area contributed by atoms with Gasteiger partial charge in [0.25, 0.3) is 0 Å². The molecule has 0 amide bonds. The topological polar surface area (TPSA) is 21.1 Å². The monoisotopic (exact) mass is 351 g/mol. The van der Waals surface area contributed by atoms with Crippen LogP contribution in [-0.2, 0) is 6.42 Å². The van der Waals surface area contributed by atoms with Crippen molar-refractivity contribution < 1.29 is 0 Å². The zero-order chi connectivity index (χ0) is 16.2.